The Morgan fingerprint density at radius 3 is 2.65 bits per heavy atom. The number of amides is 1. The summed E-state index contributed by atoms with van der Waals surface area (Å²) in [6.45, 7) is 10.8. The molecule has 2 aromatic carbocycles. The second-order valence-corrected chi connectivity index (χ2v) is 11.6. The number of ketones is 1. The third-order valence-electron chi connectivity index (χ3n) is 7.60. The van der Waals surface area contributed by atoms with Crippen molar-refractivity contribution in [1.82, 2.24) is 5.32 Å². The first-order valence-electron chi connectivity index (χ1n) is 13.3. The Morgan fingerprint density at radius 1 is 1.14 bits per heavy atom. The van der Waals surface area contributed by atoms with Gasteiger partial charge in [0.05, 0.1) is 7.11 Å². The van der Waals surface area contributed by atoms with Crippen molar-refractivity contribution in [3.8, 4) is 5.75 Å². The fourth-order valence-corrected chi connectivity index (χ4v) is 5.65. The van der Waals surface area contributed by atoms with E-state index in [4.69, 9.17) is 9.47 Å². The van der Waals surface area contributed by atoms with Crippen LogP contribution in [0.4, 0.5) is 10.5 Å². The lowest BCUT2D eigenvalue weighted by atomic mass is 9.75. The highest BCUT2D eigenvalue weighted by molar-refractivity contribution is 6.09. The van der Waals surface area contributed by atoms with Crippen molar-refractivity contribution in [3.63, 3.8) is 0 Å². The van der Waals surface area contributed by atoms with Gasteiger partial charge in [0.15, 0.2) is 5.78 Å². The fraction of sp³-hybridized carbons (Fsp3) is 0.484. The molecular formula is C31H40N2O4. The topological polar surface area (TPSA) is 76.7 Å². The number of ether oxygens (including phenoxy) is 2. The molecule has 0 aromatic heterocycles. The molecule has 198 valence electrons. The van der Waals surface area contributed by atoms with Crippen molar-refractivity contribution < 1.29 is 19.1 Å². The van der Waals surface area contributed by atoms with Crippen molar-refractivity contribution in [3.05, 3.63) is 65.2 Å². The minimum Gasteiger partial charge on any atom is -0.497 e. The molecule has 0 radical (unpaired) electrons. The molecule has 1 aliphatic carbocycles. The number of carbonyl (C=O) groups excluding carboxylic acids is 2. The van der Waals surface area contributed by atoms with E-state index in [0.29, 0.717) is 29.0 Å². The van der Waals surface area contributed by atoms with Gasteiger partial charge in [0.1, 0.15) is 11.9 Å². The number of benzene rings is 2. The molecule has 37 heavy (non-hydrogen) atoms. The van der Waals surface area contributed by atoms with Crippen molar-refractivity contribution in [2.75, 3.05) is 12.4 Å². The number of hydrogen-bond donors (Lipinski definition) is 2. The van der Waals surface area contributed by atoms with Gasteiger partial charge in [-0.3, -0.25) is 10.1 Å². The Balaban J connectivity index is 1.50. The number of rotatable bonds is 6. The van der Waals surface area contributed by atoms with Crippen LogP contribution in [-0.4, -0.2) is 30.6 Å². The smallest absolute Gasteiger partial charge is 0.411 e. The van der Waals surface area contributed by atoms with Gasteiger partial charge in [-0.25, -0.2) is 4.79 Å². The Bertz CT molecular complexity index is 1180. The first kappa shape index (κ1) is 26.8. The summed E-state index contributed by atoms with van der Waals surface area (Å²) in [5, 5.41) is 6.34. The van der Waals surface area contributed by atoms with Gasteiger partial charge in [-0.2, -0.15) is 0 Å². The molecule has 1 amide bonds. The Labute approximate surface area is 220 Å². The van der Waals surface area contributed by atoms with E-state index in [9.17, 15) is 9.59 Å². The van der Waals surface area contributed by atoms with Crippen molar-refractivity contribution in [2.24, 2.45) is 17.8 Å². The van der Waals surface area contributed by atoms with Gasteiger partial charge in [-0.15, -0.1) is 0 Å². The predicted octanol–water partition coefficient (Wildman–Crippen LogP) is 6.85. The van der Waals surface area contributed by atoms with Gasteiger partial charge >= 0.3 is 6.09 Å². The largest absolute Gasteiger partial charge is 0.497 e. The molecule has 0 unspecified atom stereocenters. The lowest BCUT2D eigenvalue weighted by Crippen LogP contribution is -2.43. The number of allylic oxidation sites excluding steroid dienone is 1. The van der Waals surface area contributed by atoms with E-state index in [1.807, 2.05) is 12.1 Å². The van der Waals surface area contributed by atoms with Gasteiger partial charge in [0.25, 0.3) is 0 Å². The second kappa shape index (κ2) is 11.0. The van der Waals surface area contributed by atoms with Crippen LogP contribution in [0.15, 0.2) is 48.5 Å². The second-order valence-electron chi connectivity index (χ2n) is 11.6. The molecule has 3 atom stereocenters. The van der Waals surface area contributed by atoms with Crippen LogP contribution in [0.1, 0.15) is 75.4 Å². The summed E-state index contributed by atoms with van der Waals surface area (Å²) in [7, 11) is 1.64. The summed E-state index contributed by atoms with van der Waals surface area (Å²) in [5.74, 6) is 1.98. The summed E-state index contributed by atoms with van der Waals surface area (Å²) in [6, 6.07) is 13.0. The van der Waals surface area contributed by atoms with Crippen LogP contribution in [0.3, 0.4) is 0 Å². The molecule has 0 saturated heterocycles. The number of anilines is 1. The van der Waals surface area contributed by atoms with E-state index >= 15 is 0 Å². The fourth-order valence-electron chi connectivity index (χ4n) is 5.65. The van der Waals surface area contributed by atoms with Crippen molar-refractivity contribution in [2.45, 2.75) is 71.9 Å². The quantitative estimate of drug-likeness (QED) is 0.332. The molecule has 0 bridgehead atoms. The van der Waals surface area contributed by atoms with Crippen molar-refractivity contribution in [1.29, 1.82) is 0 Å². The summed E-state index contributed by atoms with van der Waals surface area (Å²) >= 11 is 0. The zero-order chi connectivity index (χ0) is 26.7. The lowest BCUT2D eigenvalue weighted by molar-refractivity contribution is 0.0126. The number of hydrogen-bond acceptors (Lipinski definition) is 5. The van der Waals surface area contributed by atoms with E-state index in [2.05, 4.69) is 51.3 Å². The average molecular weight is 505 g/mol. The average Bonchev–Trinajstić information content (AvgIpc) is 2.83. The molecular weight excluding hydrogens is 464 g/mol. The Hall–Kier alpha value is -3.28. The molecule has 0 spiro atoms. The van der Waals surface area contributed by atoms with Gasteiger partial charge < -0.3 is 14.8 Å². The van der Waals surface area contributed by atoms with Crippen LogP contribution in [-0.2, 0) is 11.2 Å². The normalized spacial score (nSPS) is 23.6. The highest BCUT2D eigenvalue weighted by Gasteiger charge is 2.33. The molecule has 2 aromatic rings. The minimum atomic E-state index is -0.468. The zero-order valence-electron chi connectivity index (χ0n) is 22.9. The molecule has 4 rings (SSSR count). The maximum Gasteiger partial charge on any atom is 0.411 e. The van der Waals surface area contributed by atoms with Crippen LogP contribution >= 0.6 is 0 Å². The molecule has 2 aliphatic rings. The molecule has 1 heterocycles. The highest BCUT2D eigenvalue weighted by atomic mass is 16.6. The summed E-state index contributed by atoms with van der Waals surface area (Å²) in [5.41, 5.74) is 3.74. The van der Waals surface area contributed by atoms with Gasteiger partial charge in [-0.1, -0.05) is 45.4 Å². The van der Waals surface area contributed by atoms with Crippen LogP contribution in [0.5, 0.6) is 5.75 Å². The van der Waals surface area contributed by atoms with E-state index < -0.39 is 6.09 Å². The number of fused-ring (bicyclic) bond motifs is 1. The highest BCUT2D eigenvalue weighted by Crippen LogP contribution is 2.36. The molecule has 1 saturated carbocycles. The number of nitrogens with one attached hydrogen (secondary N) is 2. The van der Waals surface area contributed by atoms with E-state index in [1.54, 1.807) is 37.5 Å². The number of carbonyl (C=O) groups is 2. The molecule has 6 heteroatoms. The Kier molecular flexibility index (Phi) is 7.96. The molecule has 6 nitrogen and oxygen atoms in total. The van der Waals surface area contributed by atoms with Gasteiger partial charge in [0, 0.05) is 34.1 Å². The van der Waals surface area contributed by atoms with Gasteiger partial charge in [-0.05, 0) is 80.7 Å². The van der Waals surface area contributed by atoms with Crippen LogP contribution in [0.2, 0.25) is 0 Å². The lowest BCUT2D eigenvalue weighted by Gasteiger charge is -2.36. The summed E-state index contributed by atoms with van der Waals surface area (Å²) in [6.07, 6.45) is 5.06. The maximum atomic E-state index is 13.3. The summed E-state index contributed by atoms with van der Waals surface area (Å²) in [4.78, 5) is 26.1. The maximum absolute atomic E-state index is 13.3. The molecule has 1 fully saturated rings. The SMILES string of the molecule is COc1ccc2c(c1)C(=CC(=O)c1cccc(NC(=O)O[C@@H]3C[C@H](C)CC[C@H]3C(C)C)c1)NC(C)(C)C2. The standard InChI is InChI=1S/C31H40N2O4/c1-19(2)25-13-10-20(3)14-29(25)37-30(35)32-23-9-7-8-21(15-23)28(34)17-27-26-16-24(36-6)12-11-22(26)18-31(4,5)33-27/h7-9,11-12,15-17,19-20,25,29,33H,10,13-14,18H2,1-6H3,(H,32,35)/t20-,25+,29-/m1/s1. The van der Waals surface area contributed by atoms with Crippen LogP contribution in [0.25, 0.3) is 5.70 Å². The van der Waals surface area contributed by atoms with E-state index in [-0.39, 0.29) is 17.4 Å². The Morgan fingerprint density at radius 2 is 1.92 bits per heavy atom. The van der Waals surface area contributed by atoms with Crippen LogP contribution < -0.4 is 15.4 Å². The first-order chi connectivity index (χ1) is 17.5. The zero-order valence-corrected chi connectivity index (χ0v) is 22.9. The minimum absolute atomic E-state index is 0.0870. The third kappa shape index (κ3) is 6.54. The molecule has 1 aliphatic heterocycles. The van der Waals surface area contributed by atoms with E-state index in [0.717, 1.165) is 36.3 Å². The van der Waals surface area contributed by atoms with E-state index in [1.165, 1.54) is 12.0 Å². The first-order valence-corrected chi connectivity index (χ1v) is 13.3. The number of methoxy groups -OCH3 is 1. The summed E-state index contributed by atoms with van der Waals surface area (Å²) < 4.78 is 11.3. The monoisotopic (exact) mass is 504 g/mol. The third-order valence-corrected chi connectivity index (χ3v) is 7.60. The van der Waals surface area contributed by atoms with Gasteiger partial charge in [0.2, 0.25) is 0 Å². The van der Waals surface area contributed by atoms with Crippen LogP contribution in [0, 0.1) is 17.8 Å². The predicted molar refractivity (Wildman–Crippen MR) is 148 cm³/mol. The van der Waals surface area contributed by atoms with Crippen molar-refractivity contribution >= 4 is 23.3 Å². The molecule has 2 N–H and O–H groups in total.